The summed E-state index contributed by atoms with van der Waals surface area (Å²) < 4.78 is 0. The van der Waals surface area contributed by atoms with Crippen LogP contribution in [0.1, 0.15) is 37.6 Å². The molecule has 2 fully saturated rings. The van der Waals surface area contributed by atoms with Gasteiger partial charge in [-0.1, -0.05) is 6.92 Å². The van der Waals surface area contributed by atoms with Crippen molar-refractivity contribution in [2.45, 2.75) is 44.7 Å². The molecular weight excluding hydrogens is 346 g/mol. The van der Waals surface area contributed by atoms with Gasteiger partial charge in [-0.3, -0.25) is 19.4 Å². The summed E-state index contributed by atoms with van der Waals surface area (Å²) in [7, 11) is 2.12. The van der Waals surface area contributed by atoms with Crippen LogP contribution in [0.2, 0.25) is 0 Å². The van der Waals surface area contributed by atoms with E-state index in [4.69, 9.17) is 5.11 Å². The van der Waals surface area contributed by atoms with Crippen molar-refractivity contribution in [3.05, 3.63) is 23.8 Å². The number of nitrogens with zero attached hydrogens (tertiary/aromatic N) is 5. The van der Waals surface area contributed by atoms with Gasteiger partial charge in [-0.25, -0.2) is 9.97 Å². The number of carboxylic acid groups (broad SMARTS) is 1. The summed E-state index contributed by atoms with van der Waals surface area (Å²) in [6, 6.07) is 0. The zero-order valence-electron chi connectivity index (χ0n) is 16.2. The van der Waals surface area contributed by atoms with Crippen LogP contribution < -0.4 is 0 Å². The standard InChI is InChI=1S/C19H29N5O3/c1-3-16-20-10-15(11-21-16)12-23-9-8-22(2)19(14-23)5-4-17(25)24(7-6-19)13-18(26)27/h10-11H,3-9,12-14H2,1-2H3,(H,26,27)/t19-/m1/s1. The van der Waals surface area contributed by atoms with Crippen molar-refractivity contribution >= 4 is 11.9 Å². The number of rotatable bonds is 5. The lowest BCUT2D eigenvalue weighted by molar-refractivity contribution is -0.144. The summed E-state index contributed by atoms with van der Waals surface area (Å²) in [5, 5.41) is 9.05. The molecule has 1 amide bonds. The Balaban J connectivity index is 1.68. The Labute approximate surface area is 160 Å². The maximum absolute atomic E-state index is 12.3. The van der Waals surface area contributed by atoms with Crippen LogP contribution in [0.5, 0.6) is 0 Å². The topological polar surface area (TPSA) is 89.9 Å². The second-order valence-electron chi connectivity index (χ2n) is 7.68. The zero-order valence-corrected chi connectivity index (χ0v) is 16.2. The second kappa shape index (κ2) is 8.31. The Kier molecular flexibility index (Phi) is 6.06. The molecule has 1 aromatic rings. The number of carbonyl (C=O) groups excluding carboxylic acids is 1. The minimum Gasteiger partial charge on any atom is -0.480 e. The molecule has 1 atom stereocenters. The van der Waals surface area contributed by atoms with Crippen LogP contribution in [0.4, 0.5) is 0 Å². The number of aryl methyl sites for hydroxylation is 1. The molecule has 3 rings (SSSR count). The van der Waals surface area contributed by atoms with E-state index in [0.29, 0.717) is 13.0 Å². The lowest BCUT2D eigenvalue weighted by Crippen LogP contribution is -2.60. The predicted molar refractivity (Wildman–Crippen MR) is 100 cm³/mol. The van der Waals surface area contributed by atoms with Crippen molar-refractivity contribution < 1.29 is 14.7 Å². The second-order valence-corrected chi connectivity index (χ2v) is 7.68. The molecule has 0 unspecified atom stereocenters. The molecule has 1 spiro atoms. The van der Waals surface area contributed by atoms with Crippen LogP contribution in [0, 0.1) is 0 Å². The Morgan fingerprint density at radius 2 is 1.96 bits per heavy atom. The molecule has 27 heavy (non-hydrogen) atoms. The highest BCUT2D eigenvalue weighted by molar-refractivity contribution is 5.81. The third-order valence-corrected chi connectivity index (χ3v) is 5.89. The number of carbonyl (C=O) groups is 2. The first-order chi connectivity index (χ1) is 12.9. The van der Waals surface area contributed by atoms with E-state index in [1.54, 1.807) is 0 Å². The van der Waals surface area contributed by atoms with Gasteiger partial charge < -0.3 is 10.0 Å². The highest BCUT2D eigenvalue weighted by Gasteiger charge is 2.42. The van der Waals surface area contributed by atoms with Crippen LogP contribution in [0.25, 0.3) is 0 Å². The number of hydrogen-bond donors (Lipinski definition) is 1. The fourth-order valence-electron chi connectivity index (χ4n) is 4.14. The molecule has 8 nitrogen and oxygen atoms in total. The normalized spacial score (nSPS) is 25.0. The fourth-order valence-corrected chi connectivity index (χ4v) is 4.14. The number of hydrogen-bond acceptors (Lipinski definition) is 6. The van der Waals surface area contributed by atoms with E-state index in [2.05, 4.69) is 26.8 Å². The van der Waals surface area contributed by atoms with Gasteiger partial charge in [0.15, 0.2) is 0 Å². The van der Waals surface area contributed by atoms with E-state index < -0.39 is 5.97 Å². The SMILES string of the molecule is CCc1ncc(CN2CCN(C)[C@@]3(CCC(=O)N(CC(=O)O)CC3)C2)cn1. The van der Waals surface area contributed by atoms with E-state index in [1.807, 2.05) is 19.3 Å². The molecule has 3 heterocycles. The molecular formula is C19H29N5O3. The van der Waals surface area contributed by atoms with E-state index in [1.165, 1.54) is 4.90 Å². The van der Waals surface area contributed by atoms with Crippen LogP contribution in [-0.2, 0) is 22.6 Å². The molecule has 2 saturated heterocycles. The highest BCUT2D eigenvalue weighted by atomic mass is 16.4. The minimum absolute atomic E-state index is 0.0525. The van der Waals surface area contributed by atoms with E-state index >= 15 is 0 Å². The minimum atomic E-state index is -0.951. The average molecular weight is 375 g/mol. The fraction of sp³-hybridized carbons (Fsp3) is 0.684. The smallest absolute Gasteiger partial charge is 0.323 e. The molecule has 8 heteroatoms. The third kappa shape index (κ3) is 4.62. The average Bonchev–Trinajstić information content (AvgIpc) is 2.80. The van der Waals surface area contributed by atoms with Gasteiger partial charge in [0.2, 0.25) is 5.91 Å². The van der Waals surface area contributed by atoms with E-state index in [9.17, 15) is 9.59 Å². The summed E-state index contributed by atoms with van der Waals surface area (Å²) in [4.78, 5) is 38.4. The van der Waals surface area contributed by atoms with Crippen molar-refractivity contribution in [2.24, 2.45) is 0 Å². The van der Waals surface area contributed by atoms with Crippen molar-refractivity contribution in [3.8, 4) is 0 Å². The Morgan fingerprint density at radius 3 is 2.63 bits per heavy atom. The summed E-state index contributed by atoms with van der Waals surface area (Å²) in [5.74, 6) is -0.147. The van der Waals surface area contributed by atoms with Gasteiger partial charge in [-0.05, 0) is 19.9 Å². The molecule has 1 aromatic heterocycles. The first kappa shape index (κ1) is 19.7. The Hall–Kier alpha value is -2.06. The van der Waals surface area contributed by atoms with Crippen LogP contribution >= 0.6 is 0 Å². The summed E-state index contributed by atoms with van der Waals surface area (Å²) in [6.45, 7) is 5.89. The number of amides is 1. The molecule has 0 radical (unpaired) electrons. The summed E-state index contributed by atoms with van der Waals surface area (Å²) in [5.41, 5.74) is 1.01. The molecule has 0 aromatic carbocycles. The molecule has 0 saturated carbocycles. The number of likely N-dealkylation sites (N-methyl/N-ethyl adjacent to an activating group) is 1. The van der Waals surface area contributed by atoms with Gasteiger partial charge in [-0.15, -0.1) is 0 Å². The zero-order chi connectivity index (χ0) is 19.4. The monoisotopic (exact) mass is 375 g/mol. The number of likely N-dealkylation sites (tertiary alicyclic amines) is 1. The lowest BCUT2D eigenvalue weighted by atomic mass is 9.86. The van der Waals surface area contributed by atoms with Gasteiger partial charge in [0.25, 0.3) is 0 Å². The molecule has 1 N–H and O–H groups in total. The summed E-state index contributed by atoms with van der Waals surface area (Å²) >= 11 is 0. The van der Waals surface area contributed by atoms with E-state index in [-0.39, 0.29) is 18.0 Å². The van der Waals surface area contributed by atoms with Gasteiger partial charge >= 0.3 is 5.97 Å². The largest absolute Gasteiger partial charge is 0.480 e. The van der Waals surface area contributed by atoms with Crippen LogP contribution in [0.3, 0.4) is 0 Å². The van der Waals surface area contributed by atoms with Crippen molar-refractivity contribution in [1.29, 1.82) is 0 Å². The van der Waals surface area contributed by atoms with Crippen LogP contribution in [0.15, 0.2) is 12.4 Å². The van der Waals surface area contributed by atoms with E-state index in [0.717, 1.165) is 56.8 Å². The Bertz CT molecular complexity index is 680. The molecule has 148 valence electrons. The Morgan fingerprint density at radius 1 is 1.22 bits per heavy atom. The number of carboxylic acids is 1. The van der Waals surface area contributed by atoms with Crippen molar-refractivity contribution in [2.75, 3.05) is 39.8 Å². The lowest BCUT2D eigenvalue weighted by Gasteiger charge is -2.49. The first-order valence-electron chi connectivity index (χ1n) is 9.65. The van der Waals surface area contributed by atoms with Crippen molar-refractivity contribution in [1.82, 2.24) is 24.7 Å². The highest BCUT2D eigenvalue weighted by Crippen LogP contribution is 2.32. The van der Waals surface area contributed by atoms with Gasteiger partial charge in [0.1, 0.15) is 12.4 Å². The number of aliphatic carboxylic acids is 1. The first-order valence-corrected chi connectivity index (χ1v) is 9.65. The maximum Gasteiger partial charge on any atom is 0.323 e. The van der Waals surface area contributed by atoms with Crippen LogP contribution in [-0.4, -0.2) is 87.0 Å². The van der Waals surface area contributed by atoms with Gasteiger partial charge in [-0.2, -0.15) is 0 Å². The summed E-state index contributed by atoms with van der Waals surface area (Å²) in [6.07, 6.45) is 6.60. The predicted octanol–water partition coefficient (Wildman–Crippen LogP) is 0.622. The quantitative estimate of drug-likeness (QED) is 0.807. The number of piperazine rings is 1. The molecule has 0 bridgehead atoms. The van der Waals surface area contributed by atoms with Gasteiger partial charge in [0, 0.05) is 69.1 Å². The molecule has 2 aliphatic heterocycles. The number of aromatic nitrogens is 2. The van der Waals surface area contributed by atoms with Crippen molar-refractivity contribution in [3.63, 3.8) is 0 Å². The third-order valence-electron chi connectivity index (χ3n) is 5.89. The molecule has 0 aliphatic carbocycles. The molecule has 2 aliphatic rings. The maximum atomic E-state index is 12.3. The van der Waals surface area contributed by atoms with Gasteiger partial charge in [0.05, 0.1) is 0 Å².